The van der Waals surface area contributed by atoms with Crippen LogP contribution in [0.5, 0.6) is 0 Å². The number of rotatable bonds is 5. The van der Waals surface area contributed by atoms with E-state index in [2.05, 4.69) is 0 Å². The van der Waals surface area contributed by atoms with E-state index in [1.54, 1.807) is 4.90 Å². The molecular weight excluding hydrogens is 316 g/mol. The Kier molecular flexibility index (Phi) is 5.18. The fourth-order valence-corrected chi connectivity index (χ4v) is 3.11. The van der Waals surface area contributed by atoms with Crippen LogP contribution in [0.1, 0.15) is 0 Å². The van der Waals surface area contributed by atoms with Crippen molar-refractivity contribution in [3.63, 3.8) is 0 Å². The second kappa shape index (κ2) is 7.70. The smallest absolute Gasteiger partial charge is 0.241 e. The summed E-state index contributed by atoms with van der Waals surface area (Å²) >= 11 is 1.51. The Labute approximate surface area is 146 Å². The van der Waals surface area contributed by atoms with E-state index in [9.17, 15) is 4.79 Å². The van der Waals surface area contributed by atoms with Crippen molar-refractivity contribution in [2.24, 2.45) is 0 Å². The summed E-state index contributed by atoms with van der Waals surface area (Å²) in [6.45, 7) is 0. The highest BCUT2D eigenvalue weighted by Gasteiger charge is 2.17. The highest BCUT2D eigenvalue weighted by molar-refractivity contribution is 8.00. The first-order valence-electron chi connectivity index (χ1n) is 7.65. The van der Waals surface area contributed by atoms with Crippen LogP contribution in [-0.2, 0) is 4.79 Å². The van der Waals surface area contributed by atoms with Gasteiger partial charge in [0.2, 0.25) is 5.91 Å². The van der Waals surface area contributed by atoms with Gasteiger partial charge in [0, 0.05) is 22.0 Å². The van der Waals surface area contributed by atoms with Crippen LogP contribution in [-0.4, -0.2) is 11.7 Å². The SMILES string of the molecule is Nc1ccc(SCC(=O)N(c2ccccc2)c2ccccc2)cc1. The molecule has 3 aromatic carbocycles. The largest absolute Gasteiger partial charge is 0.399 e. The zero-order valence-corrected chi connectivity index (χ0v) is 13.9. The maximum atomic E-state index is 12.9. The van der Waals surface area contributed by atoms with Crippen molar-refractivity contribution in [2.45, 2.75) is 4.90 Å². The van der Waals surface area contributed by atoms with Crippen LogP contribution in [0, 0.1) is 0 Å². The van der Waals surface area contributed by atoms with Crippen LogP contribution in [0.25, 0.3) is 0 Å². The van der Waals surface area contributed by atoms with Gasteiger partial charge in [-0.05, 0) is 48.5 Å². The molecule has 120 valence electrons. The Morgan fingerprint density at radius 1 is 0.792 bits per heavy atom. The molecule has 0 radical (unpaired) electrons. The van der Waals surface area contributed by atoms with Gasteiger partial charge in [0.15, 0.2) is 0 Å². The Balaban J connectivity index is 1.80. The molecule has 0 aliphatic carbocycles. The number of nitrogens with zero attached hydrogens (tertiary/aromatic N) is 1. The molecule has 0 saturated carbocycles. The Bertz CT molecular complexity index is 749. The number of carbonyl (C=O) groups is 1. The van der Waals surface area contributed by atoms with E-state index in [1.165, 1.54) is 11.8 Å². The zero-order valence-electron chi connectivity index (χ0n) is 13.1. The van der Waals surface area contributed by atoms with Gasteiger partial charge in [-0.15, -0.1) is 11.8 Å². The minimum Gasteiger partial charge on any atom is -0.399 e. The van der Waals surface area contributed by atoms with Crippen molar-refractivity contribution in [3.05, 3.63) is 84.9 Å². The van der Waals surface area contributed by atoms with E-state index in [0.29, 0.717) is 5.75 Å². The monoisotopic (exact) mass is 334 g/mol. The van der Waals surface area contributed by atoms with Crippen LogP contribution in [0.3, 0.4) is 0 Å². The normalized spacial score (nSPS) is 10.3. The number of amides is 1. The third-order valence-corrected chi connectivity index (χ3v) is 4.52. The number of benzene rings is 3. The summed E-state index contributed by atoms with van der Waals surface area (Å²) in [5, 5.41) is 0. The number of nitrogens with two attached hydrogens (primary N) is 1. The number of thioether (sulfide) groups is 1. The molecule has 3 aromatic rings. The van der Waals surface area contributed by atoms with Gasteiger partial charge < -0.3 is 5.73 Å². The summed E-state index contributed by atoms with van der Waals surface area (Å²) < 4.78 is 0. The number of nitrogen functional groups attached to an aromatic ring is 1. The van der Waals surface area contributed by atoms with Crippen LogP contribution < -0.4 is 10.6 Å². The van der Waals surface area contributed by atoms with E-state index < -0.39 is 0 Å². The van der Waals surface area contributed by atoms with Gasteiger partial charge in [0.25, 0.3) is 0 Å². The molecular formula is C20H18N2OS. The van der Waals surface area contributed by atoms with Gasteiger partial charge in [0.05, 0.1) is 5.75 Å². The van der Waals surface area contributed by atoms with Crippen molar-refractivity contribution >= 4 is 34.7 Å². The summed E-state index contributed by atoms with van der Waals surface area (Å²) in [5.41, 5.74) is 8.16. The first-order valence-corrected chi connectivity index (χ1v) is 8.64. The maximum Gasteiger partial charge on any atom is 0.241 e. The third-order valence-electron chi connectivity index (χ3n) is 3.52. The lowest BCUT2D eigenvalue weighted by atomic mass is 10.2. The molecule has 1 amide bonds. The molecule has 2 N–H and O–H groups in total. The summed E-state index contributed by atoms with van der Waals surface area (Å²) in [5.74, 6) is 0.391. The fourth-order valence-electron chi connectivity index (χ4n) is 2.36. The fraction of sp³-hybridized carbons (Fsp3) is 0.0500. The minimum atomic E-state index is 0.0363. The van der Waals surface area contributed by atoms with Crippen LogP contribution in [0.15, 0.2) is 89.8 Å². The molecule has 0 bridgehead atoms. The summed E-state index contributed by atoms with van der Waals surface area (Å²) in [4.78, 5) is 15.6. The molecule has 0 aliphatic heterocycles. The van der Waals surface area contributed by atoms with Crippen molar-refractivity contribution in [1.82, 2.24) is 0 Å². The van der Waals surface area contributed by atoms with Crippen molar-refractivity contribution in [1.29, 1.82) is 0 Å². The standard InChI is InChI=1S/C20H18N2OS/c21-16-11-13-19(14-12-16)24-15-20(23)22(17-7-3-1-4-8-17)18-9-5-2-6-10-18/h1-14H,15,21H2. The lowest BCUT2D eigenvalue weighted by Crippen LogP contribution is -2.27. The number of hydrogen-bond donors (Lipinski definition) is 1. The molecule has 3 nitrogen and oxygen atoms in total. The van der Waals surface area contributed by atoms with Crippen molar-refractivity contribution < 1.29 is 4.79 Å². The summed E-state index contributed by atoms with van der Waals surface area (Å²) in [7, 11) is 0. The molecule has 0 aromatic heterocycles. The van der Waals surface area contributed by atoms with Gasteiger partial charge >= 0.3 is 0 Å². The topological polar surface area (TPSA) is 46.3 Å². The highest BCUT2D eigenvalue weighted by atomic mass is 32.2. The Hall–Kier alpha value is -2.72. The quantitative estimate of drug-likeness (QED) is 0.542. The first kappa shape index (κ1) is 16.1. The van der Waals surface area contributed by atoms with E-state index in [-0.39, 0.29) is 5.91 Å². The van der Waals surface area contributed by atoms with Crippen molar-refractivity contribution in [3.8, 4) is 0 Å². The maximum absolute atomic E-state index is 12.9. The molecule has 0 saturated heterocycles. The molecule has 4 heteroatoms. The Morgan fingerprint density at radius 3 is 1.79 bits per heavy atom. The number of para-hydroxylation sites is 2. The number of carbonyl (C=O) groups excluding carboxylic acids is 1. The average Bonchev–Trinajstić information content (AvgIpc) is 2.63. The van der Waals surface area contributed by atoms with Crippen LogP contribution in [0.4, 0.5) is 17.1 Å². The van der Waals surface area contributed by atoms with E-state index in [0.717, 1.165) is 22.0 Å². The van der Waals surface area contributed by atoms with Gasteiger partial charge in [-0.25, -0.2) is 0 Å². The van der Waals surface area contributed by atoms with Gasteiger partial charge in [-0.2, -0.15) is 0 Å². The van der Waals surface area contributed by atoms with Crippen LogP contribution >= 0.6 is 11.8 Å². The lowest BCUT2D eigenvalue weighted by Gasteiger charge is -2.23. The van der Waals surface area contributed by atoms with Gasteiger partial charge in [0.1, 0.15) is 0 Å². The second-order valence-electron chi connectivity index (χ2n) is 5.26. The third kappa shape index (κ3) is 3.97. The Morgan fingerprint density at radius 2 is 1.29 bits per heavy atom. The molecule has 0 fully saturated rings. The van der Waals surface area contributed by atoms with Crippen LogP contribution in [0.2, 0.25) is 0 Å². The molecule has 0 heterocycles. The molecule has 0 aliphatic rings. The molecule has 0 atom stereocenters. The summed E-state index contributed by atoms with van der Waals surface area (Å²) in [6.07, 6.45) is 0. The predicted octanol–water partition coefficient (Wildman–Crippen LogP) is 4.73. The van der Waals surface area contributed by atoms with E-state index in [4.69, 9.17) is 5.73 Å². The first-order chi connectivity index (χ1) is 11.7. The predicted molar refractivity (Wildman–Crippen MR) is 102 cm³/mol. The molecule has 24 heavy (non-hydrogen) atoms. The van der Waals surface area contributed by atoms with E-state index in [1.807, 2.05) is 84.9 Å². The van der Waals surface area contributed by atoms with Crippen molar-refractivity contribution in [2.75, 3.05) is 16.4 Å². The molecule has 0 unspecified atom stereocenters. The second-order valence-corrected chi connectivity index (χ2v) is 6.31. The molecule has 3 rings (SSSR count). The highest BCUT2D eigenvalue weighted by Crippen LogP contribution is 2.27. The van der Waals surface area contributed by atoms with Gasteiger partial charge in [-0.1, -0.05) is 36.4 Å². The summed E-state index contributed by atoms with van der Waals surface area (Å²) in [6, 6.07) is 27.0. The number of anilines is 3. The zero-order chi connectivity index (χ0) is 16.8. The van der Waals surface area contributed by atoms with E-state index >= 15 is 0 Å². The molecule has 0 spiro atoms. The minimum absolute atomic E-state index is 0.0363. The number of hydrogen-bond acceptors (Lipinski definition) is 3. The average molecular weight is 334 g/mol. The lowest BCUT2D eigenvalue weighted by molar-refractivity contribution is -0.115. The van der Waals surface area contributed by atoms with Gasteiger partial charge in [-0.3, -0.25) is 9.69 Å².